The third-order valence-electron chi connectivity index (χ3n) is 2.12. The molecule has 15 heavy (non-hydrogen) atoms. The number of benzene rings is 2. The van der Waals surface area contributed by atoms with Crippen molar-refractivity contribution in [2.45, 2.75) is 0 Å². The van der Waals surface area contributed by atoms with Crippen molar-refractivity contribution in [3.05, 3.63) is 54.6 Å². The van der Waals surface area contributed by atoms with E-state index in [4.69, 9.17) is 0 Å². The zero-order valence-corrected chi connectivity index (χ0v) is 8.01. The topological polar surface area (TPSA) is 26.3 Å². The van der Waals surface area contributed by atoms with Crippen molar-refractivity contribution in [1.29, 1.82) is 0 Å². The Balaban J connectivity index is 2.28. The smallest absolute Gasteiger partial charge is 0.418 e. The molecule has 2 aromatic carbocycles. The molecule has 0 amide bonds. The number of hydrogen-bond donors (Lipinski definition) is 0. The van der Waals surface area contributed by atoms with Gasteiger partial charge in [-0.05, 0) is 23.3 Å². The second-order valence-electron chi connectivity index (χ2n) is 3.08. The summed E-state index contributed by atoms with van der Waals surface area (Å²) in [6.45, 7) is 1.39. The normalized spacial score (nSPS) is 9.60. The van der Waals surface area contributed by atoms with Crippen LogP contribution in [0.2, 0.25) is 0 Å². The Morgan fingerprint density at radius 3 is 2.00 bits per heavy atom. The van der Waals surface area contributed by atoms with Gasteiger partial charge in [-0.3, -0.25) is 0 Å². The van der Waals surface area contributed by atoms with E-state index in [9.17, 15) is 4.79 Å². The standard InChI is InChI=1S/C13H9O2/c14-10-15-13-8-6-12(7-9-13)11-4-2-1-3-5-11/h1-9H. The summed E-state index contributed by atoms with van der Waals surface area (Å²) in [5.74, 6) is 0.504. The van der Waals surface area contributed by atoms with Crippen molar-refractivity contribution in [3.8, 4) is 16.9 Å². The first-order chi connectivity index (χ1) is 7.40. The van der Waals surface area contributed by atoms with E-state index in [0.29, 0.717) is 5.75 Å². The molecule has 0 aromatic heterocycles. The van der Waals surface area contributed by atoms with E-state index in [0.717, 1.165) is 11.1 Å². The maximum atomic E-state index is 9.98. The molecule has 0 saturated heterocycles. The highest BCUT2D eigenvalue weighted by Crippen LogP contribution is 2.21. The van der Waals surface area contributed by atoms with Crippen molar-refractivity contribution in [2.24, 2.45) is 0 Å². The highest BCUT2D eigenvalue weighted by molar-refractivity contribution is 5.64. The average Bonchev–Trinajstić information content (AvgIpc) is 2.32. The van der Waals surface area contributed by atoms with Gasteiger partial charge in [0, 0.05) is 0 Å². The van der Waals surface area contributed by atoms with E-state index < -0.39 is 0 Å². The second-order valence-corrected chi connectivity index (χ2v) is 3.08. The molecule has 0 heterocycles. The Morgan fingerprint density at radius 1 is 0.800 bits per heavy atom. The number of ether oxygens (including phenoxy) is 1. The molecule has 0 bridgehead atoms. The summed E-state index contributed by atoms with van der Waals surface area (Å²) in [5, 5.41) is 0. The molecule has 0 fully saturated rings. The minimum atomic E-state index is 0.504. The SMILES string of the molecule is O=[C]Oc1ccc(-c2ccccc2)cc1. The molecule has 0 aliphatic carbocycles. The molecular formula is C13H9O2. The summed E-state index contributed by atoms with van der Waals surface area (Å²) in [6.07, 6.45) is 0. The molecular weight excluding hydrogens is 188 g/mol. The lowest BCUT2D eigenvalue weighted by atomic mass is 10.1. The van der Waals surface area contributed by atoms with Crippen LogP contribution in [0.25, 0.3) is 11.1 Å². The van der Waals surface area contributed by atoms with Gasteiger partial charge in [-0.15, -0.1) is 0 Å². The van der Waals surface area contributed by atoms with Gasteiger partial charge >= 0.3 is 6.47 Å². The van der Waals surface area contributed by atoms with Crippen LogP contribution in [0, 0.1) is 0 Å². The summed E-state index contributed by atoms with van der Waals surface area (Å²) in [4.78, 5) is 9.98. The molecule has 0 atom stereocenters. The maximum absolute atomic E-state index is 9.98. The Morgan fingerprint density at radius 2 is 1.40 bits per heavy atom. The predicted octanol–water partition coefficient (Wildman–Crippen LogP) is 2.80. The molecule has 2 heteroatoms. The molecule has 0 saturated carbocycles. The van der Waals surface area contributed by atoms with Gasteiger partial charge in [-0.25, -0.2) is 4.79 Å². The van der Waals surface area contributed by atoms with Crippen molar-refractivity contribution < 1.29 is 9.53 Å². The zero-order chi connectivity index (χ0) is 10.5. The maximum Gasteiger partial charge on any atom is 0.423 e. The van der Waals surface area contributed by atoms with Crippen molar-refractivity contribution in [1.82, 2.24) is 0 Å². The minimum Gasteiger partial charge on any atom is -0.418 e. The second kappa shape index (κ2) is 4.42. The highest BCUT2D eigenvalue weighted by Gasteiger charge is 1.97. The molecule has 0 N–H and O–H groups in total. The monoisotopic (exact) mass is 197 g/mol. The van der Waals surface area contributed by atoms with Crippen molar-refractivity contribution >= 4 is 6.47 Å². The molecule has 2 nitrogen and oxygen atoms in total. The third kappa shape index (κ3) is 2.23. The third-order valence-corrected chi connectivity index (χ3v) is 2.12. The van der Waals surface area contributed by atoms with E-state index in [-0.39, 0.29) is 0 Å². The van der Waals surface area contributed by atoms with Gasteiger partial charge in [-0.1, -0.05) is 42.5 Å². The fourth-order valence-electron chi connectivity index (χ4n) is 1.39. The minimum absolute atomic E-state index is 0.504. The first-order valence-corrected chi connectivity index (χ1v) is 4.59. The summed E-state index contributed by atoms with van der Waals surface area (Å²) < 4.78 is 4.59. The molecule has 0 unspecified atom stereocenters. The molecule has 0 aliphatic rings. The first-order valence-electron chi connectivity index (χ1n) is 4.59. The predicted molar refractivity (Wildman–Crippen MR) is 58.2 cm³/mol. The molecule has 1 radical (unpaired) electrons. The Bertz CT molecular complexity index is 432. The first kappa shape index (κ1) is 9.46. The average molecular weight is 197 g/mol. The quantitative estimate of drug-likeness (QED) is 0.756. The molecule has 0 spiro atoms. The molecule has 2 rings (SSSR count). The lowest BCUT2D eigenvalue weighted by molar-refractivity contribution is 0.443. The molecule has 73 valence electrons. The van der Waals surface area contributed by atoms with Crippen molar-refractivity contribution in [3.63, 3.8) is 0 Å². The van der Waals surface area contributed by atoms with Crippen LogP contribution >= 0.6 is 0 Å². The fraction of sp³-hybridized carbons (Fsp3) is 0. The number of rotatable bonds is 3. The lowest BCUT2D eigenvalue weighted by Crippen LogP contribution is -1.87. The Labute approximate surface area is 88.1 Å². The zero-order valence-electron chi connectivity index (χ0n) is 8.01. The van der Waals surface area contributed by atoms with E-state index >= 15 is 0 Å². The molecule has 0 aliphatic heterocycles. The van der Waals surface area contributed by atoms with Crippen LogP contribution < -0.4 is 4.74 Å². The number of carbonyl (C=O) groups excluding carboxylic acids is 1. The summed E-state index contributed by atoms with van der Waals surface area (Å²) in [6, 6.07) is 17.3. The van der Waals surface area contributed by atoms with Gasteiger partial charge in [-0.2, -0.15) is 0 Å². The van der Waals surface area contributed by atoms with Gasteiger partial charge in [0.15, 0.2) is 0 Å². The highest BCUT2D eigenvalue weighted by atomic mass is 16.5. The fourth-order valence-corrected chi connectivity index (χ4v) is 1.39. The van der Waals surface area contributed by atoms with E-state index in [1.165, 1.54) is 6.47 Å². The van der Waals surface area contributed by atoms with Gasteiger partial charge in [0.2, 0.25) is 0 Å². The van der Waals surface area contributed by atoms with Gasteiger partial charge in [0.05, 0.1) is 0 Å². The molecule has 2 aromatic rings. The largest absolute Gasteiger partial charge is 0.423 e. The van der Waals surface area contributed by atoms with Crippen LogP contribution in [0.1, 0.15) is 0 Å². The van der Waals surface area contributed by atoms with Crippen LogP contribution in [-0.4, -0.2) is 6.47 Å². The van der Waals surface area contributed by atoms with Gasteiger partial charge < -0.3 is 4.74 Å². The van der Waals surface area contributed by atoms with Gasteiger partial charge in [0.25, 0.3) is 0 Å². The summed E-state index contributed by atoms with van der Waals surface area (Å²) in [7, 11) is 0. The van der Waals surface area contributed by atoms with Gasteiger partial charge in [0.1, 0.15) is 5.75 Å². The summed E-state index contributed by atoms with van der Waals surface area (Å²) in [5.41, 5.74) is 2.23. The van der Waals surface area contributed by atoms with Crippen molar-refractivity contribution in [2.75, 3.05) is 0 Å². The summed E-state index contributed by atoms with van der Waals surface area (Å²) >= 11 is 0. The number of hydrogen-bond acceptors (Lipinski definition) is 2. The van der Waals surface area contributed by atoms with Crippen LogP contribution in [0.15, 0.2) is 54.6 Å². The Kier molecular flexibility index (Phi) is 2.79. The van der Waals surface area contributed by atoms with E-state index in [2.05, 4.69) is 4.74 Å². The Hall–Kier alpha value is -2.09. The lowest BCUT2D eigenvalue weighted by Gasteiger charge is -2.01. The van der Waals surface area contributed by atoms with Crippen LogP contribution in [0.4, 0.5) is 0 Å². The van der Waals surface area contributed by atoms with E-state index in [1.54, 1.807) is 12.1 Å². The van der Waals surface area contributed by atoms with E-state index in [1.807, 2.05) is 42.5 Å². The van der Waals surface area contributed by atoms with Crippen LogP contribution in [-0.2, 0) is 4.79 Å². The van der Waals surface area contributed by atoms with Crippen LogP contribution in [0.5, 0.6) is 5.75 Å². The van der Waals surface area contributed by atoms with Crippen LogP contribution in [0.3, 0.4) is 0 Å².